The van der Waals surface area contributed by atoms with E-state index in [0.717, 1.165) is 31.2 Å². The first-order valence-corrected chi connectivity index (χ1v) is 13.6. The lowest BCUT2D eigenvalue weighted by atomic mass is 9.95. The van der Waals surface area contributed by atoms with E-state index in [9.17, 15) is 18.0 Å². The first-order chi connectivity index (χ1) is 16.3. The van der Waals surface area contributed by atoms with Gasteiger partial charge in [-0.3, -0.25) is 9.59 Å². The lowest BCUT2D eigenvalue weighted by Gasteiger charge is -2.30. The van der Waals surface area contributed by atoms with Crippen LogP contribution in [0.25, 0.3) is 0 Å². The van der Waals surface area contributed by atoms with Gasteiger partial charge >= 0.3 is 0 Å². The normalized spacial score (nSPS) is 18.4. The van der Waals surface area contributed by atoms with Crippen molar-refractivity contribution in [2.45, 2.75) is 62.8 Å². The van der Waals surface area contributed by atoms with Crippen LogP contribution in [-0.2, 0) is 14.8 Å². The van der Waals surface area contributed by atoms with E-state index in [-0.39, 0.29) is 41.8 Å². The second-order valence-corrected chi connectivity index (χ2v) is 11.3. The molecule has 7 nitrogen and oxygen atoms in total. The van der Waals surface area contributed by atoms with Crippen molar-refractivity contribution in [3.8, 4) is 0 Å². The number of anilines is 1. The zero-order chi connectivity index (χ0) is 24.1. The first kappa shape index (κ1) is 24.4. The van der Waals surface area contributed by atoms with Crippen LogP contribution in [0.2, 0.25) is 0 Å². The highest BCUT2D eigenvalue weighted by Gasteiger charge is 2.32. The van der Waals surface area contributed by atoms with Crippen LogP contribution in [-0.4, -0.2) is 43.7 Å². The van der Waals surface area contributed by atoms with Gasteiger partial charge in [0.05, 0.1) is 16.1 Å². The smallest absolute Gasteiger partial charge is 0.253 e. The molecule has 8 heteroatoms. The molecule has 0 unspecified atom stereocenters. The summed E-state index contributed by atoms with van der Waals surface area (Å²) < 4.78 is 27.3. The minimum absolute atomic E-state index is 0.165. The molecule has 1 aliphatic heterocycles. The molecule has 2 aromatic rings. The van der Waals surface area contributed by atoms with Gasteiger partial charge in [-0.2, -0.15) is 4.31 Å². The number of piperidine rings is 1. The highest BCUT2D eigenvalue weighted by Crippen LogP contribution is 2.26. The molecule has 0 aromatic heterocycles. The summed E-state index contributed by atoms with van der Waals surface area (Å²) in [5.41, 5.74) is 1.96. The van der Waals surface area contributed by atoms with Crippen molar-refractivity contribution in [2.75, 3.05) is 18.4 Å². The van der Waals surface area contributed by atoms with Gasteiger partial charge in [0.15, 0.2) is 0 Å². The quantitative estimate of drug-likeness (QED) is 0.647. The Morgan fingerprint density at radius 2 is 1.53 bits per heavy atom. The fourth-order valence-corrected chi connectivity index (χ4v) is 6.22. The van der Waals surface area contributed by atoms with E-state index in [0.29, 0.717) is 24.1 Å². The Kier molecular flexibility index (Phi) is 7.68. The number of para-hydroxylation sites is 1. The number of benzene rings is 2. The second kappa shape index (κ2) is 10.7. The third kappa shape index (κ3) is 5.67. The fraction of sp³-hybridized carbons (Fsp3) is 0.462. The molecule has 1 aliphatic carbocycles. The van der Waals surface area contributed by atoms with Gasteiger partial charge in [0.25, 0.3) is 5.91 Å². The van der Waals surface area contributed by atoms with Gasteiger partial charge in [0.2, 0.25) is 15.9 Å². The van der Waals surface area contributed by atoms with Crippen molar-refractivity contribution in [1.29, 1.82) is 0 Å². The predicted molar refractivity (Wildman–Crippen MR) is 132 cm³/mol. The van der Waals surface area contributed by atoms with Crippen molar-refractivity contribution in [2.24, 2.45) is 5.92 Å². The predicted octanol–water partition coefficient (Wildman–Crippen LogP) is 4.10. The maximum Gasteiger partial charge on any atom is 0.253 e. The topological polar surface area (TPSA) is 95.6 Å². The minimum atomic E-state index is -3.57. The highest BCUT2D eigenvalue weighted by atomic mass is 32.2. The molecule has 2 N–H and O–H groups in total. The van der Waals surface area contributed by atoms with Crippen molar-refractivity contribution >= 4 is 27.5 Å². The Balaban J connectivity index is 1.36. The Hall–Kier alpha value is -2.71. The monoisotopic (exact) mass is 483 g/mol. The molecule has 2 aliphatic rings. The summed E-state index contributed by atoms with van der Waals surface area (Å²) >= 11 is 0. The number of aryl methyl sites for hydroxylation is 1. The summed E-state index contributed by atoms with van der Waals surface area (Å²) in [5, 5.41) is 6.03. The molecule has 2 aromatic carbocycles. The Morgan fingerprint density at radius 1 is 0.882 bits per heavy atom. The maximum atomic E-state index is 13.0. The molecular formula is C26H33N3O4S. The molecule has 1 saturated heterocycles. The van der Waals surface area contributed by atoms with Gasteiger partial charge in [0, 0.05) is 25.0 Å². The van der Waals surface area contributed by atoms with Crippen molar-refractivity contribution in [3.63, 3.8) is 0 Å². The summed E-state index contributed by atoms with van der Waals surface area (Å²) in [6, 6.07) is 14.1. The van der Waals surface area contributed by atoms with Crippen LogP contribution in [0.3, 0.4) is 0 Å². The standard InChI is InChI=1S/C26H33N3O4S/c1-19-11-13-22(14-12-19)34(32,33)29-17-15-20(16-18-29)25(30)28-24-10-6-5-9-23(24)26(31)27-21-7-3-2-4-8-21/h5-6,9-14,20-21H,2-4,7-8,15-18H2,1H3,(H,27,31)(H,28,30). The summed E-state index contributed by atoms with van der Waals surface area (Å²) in [4.78, 5) is 26.1. The number of hydrogen-bond acceptors (Lipinski definition) is 4. The number of amides is 2. The molecule has 1 saturated carbocycles. The third-order valence-corrected chi connectivity index (χ3v) is 8.77. The van der Waals surface area contributed by atoms with Crippen LogP contribution in [0.1, 0.15) is 60.9 Å². The maximum absolute atomic E-state index is 13.0. The second-order valence-electron chi connectivity index (χ2n) is 9.33. The van der Waals surface area contributed by atoms with Crippen molar-refractivity contribution < 1.29 is 18.0 Å². The van der Waals surface area contributed by atoms with E-state index in [1.165, 1.54) is 10.7 Å². The van der Waals surface area contributed by atoms with Crippen LogP contribution in [0.15, 0.2) is 53.4 Å². The van der Waals surface area contributed by atoms with Crippen LogP contribution in [0.4, 0.5) is 5.69 Å². The summed E-state index contributed by atoms with van der Waals surface area (Å²) in [7, 11) is -3.57. The zero-order valence-electron chi connectivity index (χ0n) is 19.6. The largest absolute Gasteiger partial charge is 0.349 e. The van der Waals surface area contributed by atoms with Gasteiger partial charge < -0.3 is 10.6 Å². The van der Waals surface area contributed by atoms with E-state index in [4.69, 9.17) is 0 Å². The minimum Gasteiger partial charge on any atom is -0.349 e. The average Bonchev–Trinajstić information content (AvgIpc) is 2.85. The van der Waals surface area contributed by atoms with Crippen LogP contribution in [0, 0.1) is 12.8 Å². The molecule has 2 amide bonds. The van der Waals surface area contributed by atoms with E-state index < -0.39 is 10.0 Å². The van der Waals surface area contributed by atoms with E-state index in [1.807, 2.05) is 6.92 Å². The van der Waals surface area contributed by atoms with Crippen molar-refractivity contribution in [1.82, 2.24) is 9.62 Å². The van der Waals surface area contributed by atoms with Gasteiger partial charge in [-0.1, -0.05) is 49.1 Å². The summed E-state index contributed by atoms with van der Waals surface area (Å²) in [5.74, 6) is -0.647. The fourth-order valence-electron chi connectivity index (χ4n) is 4.75. The molecule has 1 heterocycles. The molecule has 182 valence electrons. The molecule has 0 radical (unpaired) electrons. The highest BCUT2D eigenvalue weighted by molar-refractivity contribution is 7.89. The Labute approximate surface area is 202 Å². The summed E-state index contributed by atoms with van der Waals surface area (Å²) in [6.45, 7) is 2.49. The van der Waals surface area contributed by atoms with Crippen LogP contribution in [0.5, 0.6) is 0 Å². The van der Waals surface area contributed by atoms with Gasteiger partial charge in [-0.15, -0.1) is 0 Å². The van der Waals surface area contributed by atoms with Gasteiger partial charge in [0.1, 0.15) is 0 Å². The number of carbonyl (C=O) groups excluding carboxylic acids is 2. The SMILES string of the molecule is Cc1ccc(S(=O)(=O)N2CCC(C(=O)Nc3ccccc3C(=O)NC3CCCCC3)CC2)cc1. The average molecular weight is 484 g/mol. The molecule has 0 spiro atoms. The number of sulfonamides is 1. The molecule has 4 rings (SSSR count). The molecular weight excluding hydrogens is 450 g/mol. The zero-order valence-corrected chi connectivity index (χ0v) is 20.4. The first-order valence-electron chi connectivity index (χ1n) is 12.1. The van der Waals surface area contributed by atoms with Gasteiger partial charge in [-0.05, 0) is 56.9 Å². The van der Waals surface area contributed by atoms with Crippen LogP contribution < -0.4 is 10.6 Å². The molecule has 2 fully saturated rings. The van der Waals surface area contributed by atoms with Gasteiger partial charge in [-0.25, -0.2) is 8.42 Å². The number of rotatable bonds is 6. The molecule has 0 bridgehead atoms. The third-order valence-electron chi connectivity index (χ3n) is 6.85. The Morgan fingerprint density at radius 3 is 2.21 bits per heavy atom. The number of carbonyl (C=O) groups is 2. The number of nitrogens with one attached hydrogen (secondary N) is 2. The molecule has 34 heavy (non-hydrogen) atoms. The number of nitrogens with zero attached hydrogens (tertiary/aromatic N) is 1. The lowest BCUT2D eigenvalue weighted by Crippen LogP contribution is -2.41. The number of hydrogen-bond donors (Lipinski definition) is 2. The van der Waals surface area contributed by atoms with E-state index in [1.54, 1.807) is 48.5 Å². The Bertz CT molecular complexity index is 1120. The lowest BCUT2D eigenvalue weighted by molar-refractivity contribution is -0.120. The van der Waals surface area contributed by atoms with Crippen LogP contribution >= 0.6 is 0 Å². The van der Waals surface area contributed by atoms with E-state index in [2.05, 4.69) is 10.6 Å². The summed E-state index contributed by atoms with van der Waals surface area (Å²) in [6.07, 6.45) is 6.32. The molecule has 0 atom stereocenters. The van der Waals surface area contributed by atoms with E-state index >= 15 is 0 Å². The van der Waals surface area contributed by atoms with Crippen molar-refractivity contribution in [3.05, 3.63) is 59.7 Å².